The van der Waals surface area contributed by atoms with Gasteiger partial charge in [0, 0.05) is 21.9 Å². The van der Waals surface area contributed by atoms with E-state index < -0.39 is 5.97 Å². The predicted molar refractivity (Wildman–Crippen MR) is 123 cm³/mol. The van der Waals surface area contributed by atoms with Crippen LogP contribution >= 0.6 is 0 Å². The molecule has 5 aromatic rings. The van der Waals surface area contributed by atoms with Crippen molar-refractivity contribution in [3.8, 4) is 22.4 Å². The Balaban J connectivity index is 1.92. The minimum Gasteiger partial charge on any atom is -0.478 e. The predicted octanol–water partition coefficient (Wildman–Crippen LogP) is 6.41. The van der Waals surface area contributed by atoms with Crippen LogP contribution in [0, 0.1) is 5.82 Å². The fraction of sp³-hybridized carbons (Fsp3) is 0.115. The van der Waals surface area contributed by atoms with Gasteiger partial charge in [-0.15, -0.1) is 0 Å². The molecule has 0 spiro atoms. The third kappa shape index (κ3) is 3.21. The number of rotatable bonds is 4. The van der Waals surface area contributed by atoms with E-state index in [4.69, 9.17) is 4.98 Å². The van der Waals surface area contributed by atoms with Gasteiger partial charge in [0.15, 0.2) is 0 Å². The van der Waals surface area contributed by atoms with Gasteiger partial charge in [-0.2, -0.15) is 5.10 Å². The van der Waals surface area contributed by atoms with Crippen LogP contribution in [0.15, 0.2) is 66.9 Å². The number of hydrogen-bond acceptors (Lipinski definition) is 3. The van der Waals surface area contributed by atoms with Gasteiger partial charge in [-0.1, -0.05) is 44.2 Å². The fourth-order valence-corrected chi connectivity index (χ4v) is 4.22. The Labute approximate surface area is 183 Å². The van der Waals surface area contributed by atoms with Crippen molar-refractivity contribution in [2.24, 2.45) is 0 Å². The minimum absolute atomic E-state index is 0.0377. The molecule has 158 valence electrons. The quantitative estimate of drug-likeness (QED) is 0.349. The second kappa shape index (κ2) is 7.57. The lowest BCUT2D eigenvalue weighted by Gasteiger charge is -2.21. The molecule has 0 aliphatic heterocycles. The first-order valence-electron chi connectivity index (χ1n) is 10.3. The lowest BCUT2D eigenvalue weighted by molar-refractivity contribution is 0.0697. The van der Waals surface area contributed by atoms with Crippen LogP contribution in [-0.2, 0) is 0 Å². The van der Waals surface area contributed by atoms with Gasteiger partial charge in [0.25, 0.3) is 0 Å². The summed E-state index contributed by atoms with van der Waals surface area (Å²) in [6.07, 6.45) is 1.74. The summed E-state index contributed by atoms with van der Waals surface area (Å²) in [5, 5.41) is 18.1. The number of carboxylic acid groups (broad SMARTS) is 1. The molecule has 0 fully saturated rings. The van der Waals surface area contributed by atoms with E-state index >= 15 is 4.39 Å². The zero-order valence-electron chi connectivity index (χ0n) is 17.6. The molecule has 2 aromatic heterocycles. The van der Waals surface area contributed by atoms with Gasteiger partial charge in [0.05, 0.1) is 28.5 Å². The largest absolute Gasteiger partial charge is 0.478 e. The molecule has 5 nitrogen and oxygen atoms in total. The Kier molecular flexibility index (Phi) is 4.70. The Morgan fingerprint density at radius 3 is 2.50 bits per heavy atom. The molecular weight excluding hydrogens is 405 g/mol. The van der Waals surface area contributed by atoms with Crippen molar-refractivity contribution in [1.82, 2.24) is 15.2 Å². The number of H-pyrrole nitrogens is 1. The number of carboxylic acids is 1. The molecule has 2 heterocycles. The summed E-state index contributed by atoms with van der Waals surface area (Å²) in [4.78, 5) is 16.3. The van der Waals surface area contributed by atoms with Crippen molar-refractivity contribution in [2.45, 2.75) is 19.8 Å². The highest BCUT2D eigenvalue weighted by atomic mass is 19.1. The van der Waals surface area contributed by atoms with Crippen molar-refractivity contribution in [3.05, 3.63) is 83.8 Å². The van der Waals surface area contributed by atoms with E-state index in [1.165, 1.54) is 6.07 Å². The maximum atomic E-state index is 15.1. The van der Waals surface area contributed by atoms with Crippen LogP contribution in [0.25, 0.3) is 44.2 Å². The lowest BCUT2D eigenvalue weighted by Crippen LogP contribution is -2.03. The molecule has 0 bridgehead atoms. The second-order valence-electron chi connectivity index (χ2n) is 8.09. The van der Waals surface area contributed by atoms with E-state index in [0.29, 0.717) is 16.8 Å². The van der Waals surface area contributed by atoms with E-state index in [2.05, 4.69) is 24.0 Å². The van der Waals surface area contributed by atoms with Crippen LogP contribution in [0.2, 0.25) is 0 Å². The van der Waals surface area contributed by atoms with E-state index in [0.717, 1.165) is 33.0 Å². The highest BCUT2D eigenvalue weighted by molar-refractivity contribution is 6.05. The molecular formula is C26H20FN3O2. The first-order valence-corrected chi connectivity index (χ1v) is 10.3. The van der Waals surface area contributed by atoms with Crippen LogP contribution in [-0.4, -0.2) is 26.3 Å². The number of aromatic nitrogens is 3. The molecule has 0 saturated carbocycles. The van der Waals surface area contributed by atoms with E-state index in [1.807, 2.05) is 18.2 Å². The molecule has 0 unspecified atom stereocenters. The van der Waals surface area contributed by atoms with Crippen molar-refractivity contribution in [3.63, 3.8) is 0 Å². The van der Waals surface area contributed by atoms with Crippen LogP contribution in [0.1, 0.15) is 35.7 Å². The number of benzene rings is 3. The number of aromatic amines is 1. The summed E-state index contributed by atoms with van der Waals surface area (Å²) in [7, 11) is 0. The van der Waals surface area contributed by atoms with E-state index in [9.17, 15) is 9.90 Å². The number of fused-ring (bicyclic) bond motifs is 2. The number of nitrogens with zero attached hydrogens (tertiary/aromatic N) is 2. The number of nitrogens with one attached hydrogen (secondary N) is 1. The van der Waals surface area contributed by atoms with E-state index in [-0.39, 0.29) is 17.3 Å². The summed E-state index contributed by atoms with van der Waals surface area (Å²) in [5.41, 5.74) is 5.46. The van der Waals surface area contributed by atoms with Gasteiger partial charge in [-0.3, -0.25) is 5.10 Å². The first kappa shape index (κ1) is 19.9. The average Bonchev–Trinajstić information content (AvgIpc) is 3.24. The Bertz CT molecular complexity index is 1490. The van der Waals surface area contributed by atoms with Crippen molar-refractivity contribution >= 4 is 27.8 Å². The third-order valence-corrected chi connectivity index (χ3v) is 5.71. The summed E-state index contributed by atoms with van der Waals surface area (Å²) < 4.78 is 15.1. The lowest BCUT2D eigenvalue weighted by atomic mass is 9.86. The second-order valence-corrected chi connectivity index (χ2v) is 8.09. The van der Waals surface area contributed by atoms with Crippen LogP contribution in [0.5, 0.6) is 0 Å². The maximum Gasteiger partial charge on any atom is 0.335 e. The normalized spacial score (nSPS) is 11.5. The smallest absolute Gasteiger partial charge is 0.335 e. The molecule has 0 aliphatic carbocycles. The Hall–Kier alpha value is -4.06. The molecule has 32 heavy (non-hydrogen) atoms. The van der Waals surface area contributed by atoms with E-state index in [1.54, 1.807) is 42.6 Å². The maximum absolute atomic E-state index is 15.1. The van der Waals surface area contributed by atoms with Gasteiger partial charge in [0.1, 0.15) is 5.82 Å². The molecule has 5 rings (SSSR count). The molecule has 0 radical (unpaired) electrons. The third-order valence-electron chi connectivity index (χ3n) is 5.71. The number of pyridine rings is 1. The monoisotopic (exact) mass is 425 g/mol. The zero-order valence-corrected chi connectivity index (χ0v) is 17.6. The van der Waals surface area contributed by atoms with Gasteiger partial charge >= 0.3 is 5.97 Å². The number of halogens is 1. The standard InChI is InChI=1S/C26H20FN3O2/c1-14(2)23-24(18-5-3-4-6-20(18)27)19-11-17-13-28-30-21(17)12-22(19)29-25(23)15-7-9-16(10-8-15)26(31)32/h3-14H,1-2H3,(H,28,30)(H,31,32). The molecule has 0 amide bonds. The highest BCUT2D eigenvalue weighted by Gasteiger charge is 2.22. The topological polar surface area (TPSA) is 78.9 Å². The fourth-order valence-electron chi connectivity index (χ4n) is 4.22. The Morgan fingerprint density at radius 2 is 1.81 bits per heavy atom. The van der Waals surface area contributed by atoms with Gasteiger partial charge < -0.3 is 5.11 Å². The molecule has 0 saturated heterocycles. The van der Waals surface area contributed by atoms with Gasteiger partial charge in [-0.05, 0) is 47.4 Å². The summed E-state index contributed by atoms with van der Waals surface area (Å²) in [6.45, 7) is 4.11. The molecule has 2 N–H and O–H groups in total. The minimum atomic E-state index is -0.985. The number of aromatic carboxylic acids is 1. The van der Waals surface area contributed by atoms with Crippen LogP contribution < -0.4 is 0 Å². The van der Waals surface area contributed by atoms with Crippen molar-refractivity contribution < 1.29 is 14.3 Å². The number of hydrogen-bond donors (Lipinski definition) is 2. The van der Waals surface area contributed by atoms with Crippen molar-refractivity contribution in [1.29, 1.82) is 0 Å². The molecule has 0 aliphatic rings. The number of carbonyl (C=O) groups is 1. The van der Waals surface area contributed by atoms with Crippen molar-refractivity contribution in [2.75, 3.05) is 0 Å². The van der Waals surface area contributed by atoms with Gasteiger partial charge in [-0.25, -0.2) is 14.2 Å². The summed E-state index contributed by atoms with van der Waals surface area (Å²) in [6, 6.07) is 17.3. The summed E-state index contributed by atoms with van der Waals surface area (Å²) >= 11 is 0. The van der Waals surface area contributed by atoms with Crippen LogP contribution in [0.4, 0.5) is 4.39 Å². The zero-order chi connectivity index (χ0) is 22.4. The average molecular weight is 425 g/mol. The summed E-state index contributed by atoms with van der Waals surface area (Å²) in [5.74, 6) is -1.25. The highest BCUT2D eigenvalue weighted by Crippen LogP contribution is 2.42. The first-order chi connectivity index (χ1) is 15.4. The SMILES string of the molecule is CC(C)c1c(-c2ccc(C(=O)O)cc2)nc2cc3[nH]ncc3cc2c1-c1ccccc1F. The Morgan fingerprint density at radius 1 is 1.06 bits per heavy atom. The van der Waals surface area contributed by atoms with Gasteiger partial charge in [0.2, 0.25) is 0 Å². The molecule has 6 heteroatoms. The molecule has 3 aromatic carbocycles. The van der Waals surface area contributed by atoms with Crippen LogP contribution in [0.3, 0.4) is 0 Å². The molecule has 0 atom stereocenters.